The largest absolute Gasteiger partial charge is 0.798 e. The Morgan fingerprint density at radius 2 is 1.37 bits per heavy atom. The maximum absolute atomic E-state index is 14.2. The predicted octanol–water partition coefficient (Wildman–Crippen LogP) is 3.82. The van der Waals surface area contributed by atoms with E-state index in [1.54, 1.807) is 60.7 Å². The van der Waals surface area contributed by atoms with Crippen molar-refractivity contribution in [2.75, 3.05) is 6.16 Å². The number of phenolic OH excluding ortho intramolecular Hbond substituents is 1. The standard InChI is InChI=1S/C38H38N3O9P/c42-31-18-16-27(17-19-31)20-34(37(44)45)39-36(43)30(22-32-23-33(41-50-32)29-14-8-3-9-15-29)25-51(47,48)35(21-26-10-4-1-5-11-26)40-38(46)49-24-28-12-6-2-7-13-28/h1-19,23,30,34-35,42H,20-22,24-25H2,(H,39,43)(H,40,46)(H,44,45)(H,47,48)/p-2/t30-,34-,35+/m0/s1. The number of rotatable bonds is 16. The molecular weight excluding hydrogens is 673 g/mol. The van der Waals surface area contributed by atoms with Crippen LogP contribution in [0.1, 0.15) is 22.5 Å². The van der Waals surface area contributed by atoms with E-state index in [1.807, 2.05) is 36.4 Å². The first-order chi connectivity index (χ1) is 24.6. The first kappa shape index (κ1) is 36.6. The molecule has 0 aliphatic carbocycles. The Labute approximate surface area is 294 Å². The molecule has 4 aromatic carbocycles. The third kappa shape index (κ3) is 10.9. The van der Waals surface area contributed by atoms with Crippen molar-refractivity contribution < 1.29 is 43.3 Å². The van der Waals surface area contributed by atoms with Crippen LogP contribution < -0.4 is 20.6 Å². The Kier molecular flexibility index (Phi) is 12.4. The zero-order valence-corrected chi connectivity index (χ0v) is 28.3. The molecule has 3 N–H and O–H groups in total. The molecule has 4 atom stereocenters. The summed E-state index contributed by atoms with van der Waals surface area (Å²) in [4.78, 5) is 53.1. The molecule has 0 bridgehead atoms. The minimum atomic E-state index is -4.73. The number of hydrogen-bond donors (Lipinski definition) is 3. The van der Waals surface area contributed by atoms with Crippen LogP contribution in [-0.4, -0.2) is 46.2 Å². The molecule has 0 aliphatic rings. The quantitative estimate of drug-likeness (QED) is 0.127. The van der Waals surface area contributed by atoms with Gasteiger partial charge in [0.15, 0.2) is 0 Å². The number of carbonyl (C=O) groups excluding carboxylic acids is 3. The second-order valence-electron chi connectivity index (χ2n) is 12.0. The molecule has 51 heavy (non-hydrogen) atoms. The highest BCUT2D eigenvalue weighted by molar-refractivity contribution is 7.57. The second kappa shape index (κ2) is 17.3. The number of aliphatic carboxylic acids is 1. The van der Waals surface area contributed by atoms with Crippen molar-refractivity contribution in [3.05, 3.63) is 144 Å². The van der Waals surface area contributed by atoms with E-state index < -0.39 is 49.2 Å². The number of carboxylic acids is 1. The van der Waals surface area contributed by atoms with Gasteiger partial charge in [-0.2, -0.15) is 0 Å². The molecule has 0 spiro atoms. The topological polar surface area (TPSA) is 194 Å². The van der Waals surface area contributed by atoms with Crippen LogP contribution in [0.5, 0.6) is 5.75 Å². The lowest BCUT2D eigenvalue weighted by Crippen LogP contribution is -2.51. The van der Waals surface area contributed by atoms with Crippen molar-refractivity contribution >= 4 is 25.3 Å². The van der Waals surface area contributed by atoms with E-state index in [1.165, 1.54) is 24.3 Å². The summed E-state index contributed by atoms with van der Waals surface area (Å²) < 4.78 is 25.0. The first-order valence-electron chi connectivity index (χ1n) is 16.2. The van der Waals surface area contributed by atoms with E-state index >= 15 is 0 Å². The van der Waals surface area contributed by atoms with Crippen LogP contribution in [0.3, 0.4) is 0 Å². The van der Waals surface area contributed by atoms with Gasteiger partial charge in [-0.25, -0.2) is 4.79 Å². The first-order valence-corrected chi connectivity index (χ1v) is 18.0. The van der Waals surface area contributed by atoms with Crippen LogP contribution in [0.15, 0.2) is 126 Å². The summed E-state index contributed by atoms with van der Waals surface area (Å²) in [7, 11) is -4.73. The van der Waals surface area contributed by atoms with Crippen molar-refractivity contribution in [2.45, 2.75) is 37.7 Å². The molecule has 0 aliphatic heterocycles. The Hall–Kier alpha value is -5.71. The zero-order valence-electron chi connectivity index (χ0n) is 27.4. The molecule has 0 saturated carbocycles. The van der Waals surface area contributed by atoms with Crippen LogP contribution >= 0.6 is 7.37 Å². The molecule has 0 saturated heterocycles. The van der Waals surface area contributed by atoms with Gasteiger partial charge in [0.05, 0.1) is 23.7 Å². The van der Waals surface area contributed by atoms with Gasteiger partial charge in [0.2, 0.25) is 5.91 Å². The number of hydrogen-bond acceptors (Lipinski definition) is 10. The number of aromatic hydroxyl groups is 1. The van der Waals surface area contributed by atoms with Gasteiger partial charge in [0.25, 0.3) is 0 Å². The normalized spacial score (nSPS) is 14.0. The van der Waals surface area contributed by atoms with Crippen LogP contribution in [0.25, 0.3) is 11.3 Å². The number of alkyl carbamates (subject to hydrolysis) is 1. The Morgan fingerprint density at radius 1 is 0.784 bits per heavy atom. The van der Waals surface area contributed by atoms with Gasteiger partial charge < -0.3 is 44.4 Å². The van der Waals surface area contributed by atoms with Crippen LogP contribution in [-0.2, 0) is 44.8 Å². The highest BCUT2D eigenvalue weighted by Gasteiger charge is 2.33. The van der Waals surface area contributed by atoms with Crippen LogP contribution in [0.2, 0.25) is 0 Å². The number of carbonyl (C=O) groups is 3. The van der Waals surface area contributed by atoms with Gasteiger partial charge in [-0.3, -0.25) is 4.79 Å². The highest BCUT2D eigenvalue weighted by atomic mass is 31.2. The van der Waals surface area contributed by atoms with Gasteiger partial charge in [-0.1, -0.05) is 108 Å². The van der Waals surface area contributed by atoms with Crippen LogP contribution in [0, 0.1) is 5.92 Å². The fourth-order valence-corrected chi connectivity index (χ4v) is 7.40. The molecule has 2 amide bonds. The maximum atomic E-state index is 14.2. The molecule has 1 heterocycles. The molecule has 5 aromatic rings. The van der Waals surface area contributed by atoms with Gasteiger partial charge in [-0.05, 0) is 41.7 Å². The molecule has 1 aromatic heterocycles. The number of phenols is 1. The fourth-order valence-electron chi connectivity index (χ4n) is 5.45. The van der Waals surface area contributed by atoms with E-state index in [0.717, 1.165) is 5.56 Å². The molecule has 13 heteroatoms. The minimum absolute atomic E-state index is 0.0245. The number of amides is 2. The summed E-state index contributed by atoms with van der Waals surface area (Å²) >= 11 is 0. The average Bonchev–Trinajstić information content (AvgIpc) is 3.60. The summed E-state index contributed by atoms with van der Waals surface area (Å²) in [6.45, 7) is -0.0974. The van der Waals surface area contributed by atoms with Gasteiger partial charge in [0, 0.05) is 31.6 Å². The van der Waals surface area contributed by atoms with E-state index in [9.17, 15) is 34.1 Å². The maximum Gasteiger partial charge on any atom is 0.408 e. The van der Waals surface area contributed by atoms with Gasteiger partial charge in [-0.15, -0.1) is 0 Å². The number of carboxylic acid groups (broad SMARTS) is 1. The van der Waals surface area contributed by atoms with Crippen molar-refractivity contribution in [1.82, 2.24) is 15.8 Å². The monoisotopic (exact) mass is 709 g/mol. The van der Waals surface area contributed by atoms with Crippen molar-refractivity contribution in [3.63, 3.8) is 0 Å². The molecule has 0 fully saturated rings. The molecule has 264 valence electrons. The second-order valence-corrected chi connectivity index (χ2v) is 14.5. The lowest BCUT2D eigenvalue weighted by molar-refractivity contribution is -0.308. The van der Waals surface area contributed by atoms with Crippen LogP contribution in [0.4, 0.5) is 4.79 Å². The molecule has 0 radical (unpaired) electrons. The lowest BCUT2D eigenvalue weighted by Gasteiger charge is -2.35. The smallest absolute Gasteiger partial charge is 0.408 e. The Bertz CT molecular complexity index is 1940. The SMILES string of the molecule is O=C(N[C@@H](Cc1ccccc1)P(=O)([O-])C[C@H](Cc1cc(-c2ccccc2)no1)C(=O)N[C@@H](Cc1ccc(O)cc1)C(=O)[O-])OCc1ccccc1. The summed E-state index contributed by atoms with van der Waals surface area (Å²) in [5, 5.41) is 30.7. The predicted molar refractivity (Wildman–Crippen MR) is 184 cm³/mol. The average molecular weight is 710 g/mol. The Morgan fingerprint density at radius 3 is 2.00 bits per heavy atom. The third-order valence-corrected chi connectivity index (χ3v) is 10.4. The Balaban J connectivity index is 1.40. The summed E-state index contributed by atoms with van der Waals surface area (Å²) in [5.41, 5.74) is 2.98. The number of nitrogens with one attached hydrogen (secondary N) is 2. The van der Waals surface area contributed by atoms with Crippen molar-refractivity contribution in [1.29, 1.82) is 0 Å². The van der Waals surface area contributed by atoms with Gasteiger partial charge in [0.1, 0.15) is 23.8 Å². The van der Waals surface area contributed by atoms with Crippen molar-refractivity contribution in [3.8, 4) is 17.0 Å². The minimum Gasteiger partial charge on any atom is -0.798 e. The van der Waals surface area contributed by atoms with E-state index in [-0.39, 0.29) is 37.4 Å². The fraction of sp³-hybridized carbons (Fsp3) is 0.211. The summed E-state index contributed by atoms with van der Waals surface area (Å²) in [5.74, 6) is -5.16. The highest BCUT2D eigenvalue weighted by Crippen LogP contribution is 2.44. The van der Waals surface area contributed by atoms with E-state index in [0.29, 0.717) is 22.4 Å². The lowest BCUT2D eigenvalue weighted by atomic mass is 10.0. The molecular formula is C38H36N3O9P-2. The van der Waals surface area contributed by atoms with E-state index in [2.05, 4.69) is 15.8 Å². The number of aromatic nitrogens is 1. The van der Waals surface area contributed by atoms with Gasteiger partial charge >= 0.3 is 6.09 Å². The summed E-state index contributed by atoms with van der Waals surface area (Å²) in [6, 6.07) is 32.4. The van der Waals surface area contributed by atoms with E-state index in [4.69, 9.17) is 9.26 Å². The number of ether oxygens (including phenoxy) is 1. The molecule has 12 nitrogen and oxygen atoms in total. The third-order valence-electron chi connectivity index (χ3n) is 8.14. The molecule has 5 rings (SSSR count). The molecule has 1 unspecified atom stereocenters. The van der Waals surface area contributed by atoms with Crippen molar-refractivity contribution in [2.24, 2.45) is 5.92 Å². The zero-order chi connectivity index (χ0) is 36.2. The number of benzene rings is 4. The summed E-state index contributed by atoms with van der Waals surface area (Å²) in [6.07, 6.45) is -2.31. The number of nitrogens with zero attached hydrogens (tertiary/aromatic N) is 1.